The van der Waals surface area contributed by atoms with Crippen molar-refractivity contribution in [2.75, 3.05) is 5.32 Å². The van der Waals surface area contributed by atoms with Crippen LogP contribution in [-0.2, 0) is 13.2 Å². The first kappa shape index (κ1) is 22.8. The minimum Gasteiger partial charge on any atom is -0.486 e. The Kier molecular flexibility index (Phi) is 7.69. The van der Waals surface area contributed by atoms with E-state index in [0.29, 0.717) is 13.2 Å². The fourth-order valence-corrected chi connectivity index (χ4v) is 3.86. The second kappa shape index (κ2) is 10.4. The minimum absolute atomic E-state index is 0.0989. The number of benzene rings is 2. The summed E-state index contributed by atoms with van der Waals surface area (Å²) in [6.45, 7) is 11.2. The zero-order chi connectivity index (χ0) is 22.4. The molecule has 1 unspecified atom stereocenters. The number of anilines is 1. The van der Waals surface area contributed by atoms with Crippen LogP contribution in [0.5, 0.6) is 5.75 Å². The summed E-state index contributed by atoms with van der Waals surface area (Å²) < 4.78 is 5.98. The Labute approximate surface area is 189 Å². The number of rotatable bonds is 8. The van der Waals surface area contributed by atoms with Crippen molar-refractivity contribution in [1.29, 1.82) is 0 Å². The Morgan fingerprint density at radius 1 is 1.16 bits per heavy atom. The monoisotopic (exact) mass is 437 g/mol. The van der Waals surface area contributed by atoms with Gasteiger partial charge < -0.3 is 15.0 Å². The number of aromatic nitrogens is 1. The molecule has 31 heavy (non-hydrogen) atoms. The quantitative estimate of drug-likeness (QED) is 0.439. The van der Waals surface area contributed by atoms with Crippen LogP contribution in [0, 0.1) is 20.8 Å². The van der Waals surface area contributed by atoms with Gasteiger partial charge in [0, 0.05) is 17.1 Å². The molecule has 0 saturated heterocycles. The Balaban J connectivity index is 1.65. The smallest absolute Gasteiger partial charge is 0.322 e. The summed E-state index contributed by atoms with van der Waals surface area (Å²) in [5.41, 5.74) is 5.19. The molecule has 5 nitrogen and oxygen atoms in total. The van der Waals surface area contributed by atoms with Crippen LogP contribution < -0.4 is 10.1 Å². The molecule has 6 heteroatoms. The molecule has 0 aliphatic heterocycles. The van der Waals surface area contributed by atoms with Gasteiger partial charge in [0.1, 0.15) is 17.4 Å². The molecule has 1 heterocycles. The number of ether oxygens (including phenoxy) is 1. The number of aryl methyl sites for hydroxylation is 2. The third kappa shape index (κ3) is 6.07. The Morgan fingerprint density at radius 3 is 2.61 bits per heavy atom. The molecular formula is C25H31N3O2S. The lowest BCUT2D eigenvalue weighted by molar-refractivity contribution is 0.186. The van der Waals surface area contributed by atoms with Crippen LogP contribution in [0.3, 0.4) is 0 Å². The predicted molar refractivity (Wildman–Crippen MR) is 128 cm³/mol. The van der Waals surface area contributed by atoms with Crippen LogP contribution in [0.1, 0.15) is 47.7 Å². The van der Waals surface area contributed by atoms with E-state index in [2.05, 4.69) is 39.1 Å². The van der Waals surface area contributed by atoms with Crippen LogP contribution >= 0.6 is 11.3 Å². The molecule has 0 bridgehead atoms. The maximum atomic E-state index is 13.0. The molecule has 3 aromatic rings. The lowest BCUT2D eigenvalue weighted by Crippen LogP contribution is -2.40. The molecule has 0 spiro atoms. The minimum atomic E-state index is -0.112. The number of thiazole rings is 1. The maximum absolute atomic E-state index is 13.0. The molecule has 164 valence electrons. The van der Waals surface area contributed by atoms with Gasteiger partial charge in [-0.25, -0.2) is 9.78 Å². The van der Waals surface area contributed by atoms with Gasteiger partial charge in [-0.2, -0.15) is 0 Å². The predicted octanol–water partition coefficient (Wildman–Crippen LogP) is 6.48. The Morgan fingerprint density at radius 2 is 1.90 bits per heavy atom. The van der Waals surface area contributed by atoms with Crippen molar-refractivity contribution >= 4 is 23.1 Å². The summed E-state index contributed by atoms with van der Waals surface area (Å²) in [6.07, 6.45) is 0.869. The molecule has 1 atom stereocenters. The number of hydrogen-bond acceptors (Lipinski definition) is 4. The second-order valence-electron chi connectivity index (χ2n) is 7.90. The largest absolute Gasteiger partial charge is 0.486 e. The molecule has 0 saturated carbocycles. The summed E-state index contributed by atoms with van der Waals surface area (Å²) in [4.78, 5) is 19.5. The fraction of sp³-hybridized carbons (Fsp3) is 0.360. The Bertz CT molecular complexity index is 1010. The van der Waals surface area contributed by atoms with Crippen molar-refractivity contribution in [3.05, 3.63) is 75.2 Å². The van der Waals surface area contributed by atoms with Gasteiger partial charge in [0.25, 0.3) is 0 Å². The van der Waals surface area contributed by atoms with Crippen molar-refractivity contribution in [3.63, 3.8) is 0 Å². The lowest BCUT2D eigenvalue weighted by atomic mass is 10.1. The summed E-state index contributed by atoms with van der Waals surface area (Å²) in [5.74, 6) is 0.885. The molecule has 1 N–H and O–H groups in total. The first-order chi connectivity index (χ1) is 14.9. The van der Waals surface area contributed by atoms with Gasteiger partial charge in [-0.15, -0.1) is 11.3 Å². The van der Waals surface area contributed by atoms with Crippen LogP contribution in [-0.4, -0.2) is 22.0 Å². The zero-order valence-corrected chi connectivity index (χ0v) is 19.8. The fourth-order valence-electron chi connectivity index (χ4n) is 3.16. The van der Waals surface area contributed by atoms with Crippen LogP contribution in [0.4, 0.5) is 10.5 Å². The van der Waals surface area contributed by atoms with Crippen LogP contribution in [0.15, 0.2) is 47.8 Å². The molecule has 0 aliphatic carbocycles. The summed E-state index contributed by atoms with van der Waals surface area (Å²) in [5, 5.41) is 5.92. The van der Waals surface area contributed by atoms with Crippen LogP contribution in [0.2, 0.25) is 0 Å². The average molecular weight is 438 g/mol. The number of hydrogen-bond donors (Lipinski definition) is 1. The number of amides is 2. The van der Waals surface area contributed by atoms with E-state index in [1.807, 2.05) is 53.6 Å². The number of nitrogens with zero attached hydrogens (tertiary/aromatic N) is 2. The number of carbonyl (C=O) groups excluding carboxylic acids is 1. The van der Waals surface area contributed by atoms with Gasteiger partial charge in [-0.1, -0.05) is 36.8 Å². The molecule has 1 aromatic heterocycles. The first-order valence-corrected chi connectivity index (χ1v) is 11.5. The summed E-state index contributed by atoms with van der Waals surface area (Å²) >= 11 is 1.56. The van der Waals surface area contributed by atoms with Gasteiger partial charge in [0.2, 0.25) is 0 Å². The molecule has 2 amide bonds. The van der Waals surface area contributed by atoms with Gasteiger partial charge >= 0.3 is 6.03 Å². The average Bonchev–Trinajstić information content (AvgIpc) is 3.21. The highest BCUT2D eigenvalue weighted by atomic mass is 32.1. The highest BCUT2D eigenvalue weighted by Crippen LogP contribution is 2.23. The number of carbonyl (C=O) groups is 1. The maximum Gasteiger partial charge on any atom is 0.322 e. The SMILES string of the molecule is CCC(C)N(Cc1csc(COc2cccc(C)c2C)n1)C(=O)Nc1ccc(C)cc1. The van der Waals surface area contributed by atoms with Gasteiger partial charge in [0.05, 0.1) is 12.2 Å². The molecular weight excluding hydrogens is 406 g/mol. The normalized spacial score (nSPS) is 11.8. The van der Waals surface area contributed by atoms with E-state index in [9.17, 15) is 4.79 Å². The summed E-state index contributed by atoms with van der Waals surface area (Å²) in [6, 6.07) is 13.9. The van der Waals surface area contributed by atoms with Crippen molar-refractivity contribution in [2.24, 2.45) is 0 Å². The molecule has 2 aromatic carbocycles. The highest BCUT2D eigenvalue weighted by molar-refractivity contribution is 7.09. The van der Waals surface area contributed by atoms with Gasteiger partial charge in [0.15, 0.2) is 0 Å². The van der Waals surface area contributed by atoms with E-state index < -0.39 is 0 Å². The lowest BCUT2D eigenvalue weighted by Gasteiger charge is -2.28. The summed E-state index contributed by atoms with van der Waals surface area (Å²) in [7, 11) is 0. The topological polar surface area (TPSA) is 54.5 Å². The van der Waals surface area contributed by atoms with E-state index in [0.717, 1.165) is 39.7 Å². The van der Waals surface area contributed by atoms with E-state index >= 15 is 0 Å². The molecule has 0 aliphatic rings. The van der Waals surface area contributed by atoms with Gasteiger partial charge in [-0.3, -0.25) is 0 Å². The number of nitrogens with one attached hydrogen (secondary N) is 1. The van der Waals surface area contributed by atoms with E-state index in [-0.39, 0.29) is 12.1 Å². The third-order valence-electron chi connectivity index (χ3n) is 5.52. The Hall–Kier alpha value is -2.86. The van der Waals surface area contributed by atoms with Gasteiger partial charge in [-0.05, 0) is 63.4 Å². The standard InChI is InChI=1S/C25H31N3O2S/c1-6-19(4)28(25(29)27-21-12-10-17(2)11-13-21)14-22-16-31-24(26-22)15-30-23-9-7-8-18(3)20(23)5/h7-13,16,19H,6,14-15H2,1-5H3,(H,27,29). The van der Waals surface area contributed by atoms with Crippen molar-refractivity contribution in [3.8, 4) is 5.75 Å². The van der Waals surface area contributed by atoms with E-state index in [1.54, 1.807) is 11.3 Å². The molecule has 0 fully saturated rings. The van der Waals surface area contributed by atoms with Crippen LogP contribution in [0.25, 0.3) is 0 Å². The first-order valence-electron chi connectivity index (χ1n) is 10.6. The highest BCUT2D eigenvalue weighted by Gasteiger charge is 2.21. The van der Waals surface area contributed by atoms with Crippen molar-refractivity contribution in [2.45, 2.75) is 60.2 Å². The second-order valence-corrected chi connectivity index (χ2v) is 8.84. The molecule has 3 rings (SSSR count). The number of urea groups is 1. The van der Waals surface area contributed by atoms with E-state index in [4.69, 9.17) is 9.72 Å². The van der Waals surface area contributed by atoms with Crippen molar-refractivity contribution < 1.29 is 9.53 Å². The molecule has 0 radical (unpaired) electrons. The zero-order valence-electron chi connectivity index (χ0n) is 18.9. The van der Waals surface area contributed by atoms with Crippen molar-refractivity contribution in [1.82, 2.24) is 9.88 Å². The van der Waals surface area contributed by atoms with E-state index in [1.165, 1.54) is 5.56 Å². The third-order valence-corrected chi connectivity index (χ3v) is 6.40.